The summed E-state index contributed by atoms with van der Waals surface area (Å²) < 4.78 is 73.7. The molecule has 0 aliphatic rings. The van der Waals surface area contributed by atoms with Gasteiger partial charge in [-0.05, 0) is 17.7 Å². The minimum absolute atomic E-state index is 0.0513. The Bertz CT molecular complexity index is 557. The summed E-state index contributed by atoms with van der Waals surface area (Å²) in [5.41, 5.74) is 5.35. The van der Waals surface area contributed by atoms with E-state index < -0.39 is 33.5 Å². The number of nitrogens with two attached hydrogens (primary N) is 1. The zero-order valence-electron chi connectivity index (χ0n) is 9.91. The molecule has 0 bridgehead atoms. The van der Waals surface area contributed by atoms with Gasteiger partial charge >= 0.3 is 6.18 Å². The van der Waals surface area contributed by atoms with Crippen molar-refractivity contribution < 1.29 is 26.0 Å². The van der Waals surface area contributed by atoms with E-state index in [1.165, 1.54) is 0 Å². The molecule has 0 heterocycles. The van der Waals surface area contributed by atoms with Gasteiger partial charge in [0.25, 0.3) is 0 Å². The summed E-state index contributed by atoms with van der Waals surface area (Å²) in [4.78, 5) is -0.554. The van der Waals surface area contributed by atoms with E-state index in [0.29, 0.717) is 6.07 Å². The highest BCUT2D eigenvalue weighted by Crippen LogP contribution is 2.24. The molecule has 0 atom stereocenters. The van der Waals surface area contributed by atoms with Gasteiger partial charge in [-0.3, -0.25) is 0 Å². The number of hydrogen-bond acceptors (Lipinski definition) is 3. The van der Waals surface area contributed by atoms with E-state index in [1.54, 1.807) is 0 Å². The Balaban J connectivity index is 3.23. The van der Waals surface area contributed by atoms with Crippen LogP contribution in [0.4, 0.5) is 17.6 Å². The van der Waals surface area contributed by atoms with Gasteiger partial charge in [0.05, 0.1) is 4.90 Å². The molecule has 0 spiro atoms. The summed E-state index contributed by atoms with van der Waals surface area (Å²) in [6.45, 7) is -1.88. The number of hydrogen-bond donors (Lipinski definition) is 1. The van der Waals surface area contributed by atoms with Gasteiger partial charge < -0.3 is 5.73 Å². The molecule has 4 nitrogen and oxygen atoms in total. The van der Waals surface area contributed by atoms with Crippen LogP contribution in [0.3, 0.4) is 0 Å². The van der Waals surface area contributed by atoms with Crippen LogP contribution in [0.1, 0.15) is 5.56 Å². The minimum Gasteiger partial charge on any atom is -0.326 e. The van der Waals surface area contributed by atoms with E-state index >= 15 is 0 Å². The minimum atomic E-state index is -4.68. The Morgan fingerprint density at radius 3 is 2.37 bits per heavy atom. The zero-order valence-corrected chi connectivity index (χ0v) is 10.7. The highest BCUT2D eigenvalue weighted by Gasteiger charge is 2.35. The summed E-state index contributed by atoms with van der Waals surface area (Å²) in [7, 11) is -3.67. The first kappa shape index (κ1) is 15.9. The van der Waals surface area contributed by atoms with Crippen LogP contribution >= 0.6 is 0 Å². The van der Waals surface area contributed by atoms with E-state index in [9.17, 15) is 26.0 Å². The maximum Gasteiger partial charge on any atom is 0.402 e. The fourth-order valence-corrected chi connectivity index (χ4v) is 2.84. The first-order chi connectivity index (χ1) is 8.58. The number of rotatable bonds is 4. The van der Waals surface area contributed by atoms with Crippen molar-refractivity contribution >= 4 is 10.0 Å². The van der Waals surface area contributed by atoms with Gasteiger partial charge in [0.1, 0.15) is 12.4 Å². The van der Waals surface area contributed by atoms with Crippen molar-refractivity contribution in [3.63, 3.8) is 0 Å². The molecule has 9 heteroatoms. The molecular weight excluding hydrogens is 288 g/mol. The van der Waals surface area contributed by atoms with E-state index in [2.05, 4.69) is 0 Å². The highest BCUT2D eigenvalue weighted by atomic mass is 32.2. The molecule has 0 amide bonds. The lowest BCUT2D eigenvalue weighted by atomic mass is 10.2. The SMILES string of the molecule is CN(CC(F)(F)F)S(=O)(=O)c1cc(F)ccc1CN. The second kappa shape index (κ2) is 5.43. The van der Waals surface area contributed by atoms with Crippen molar-refractivity contribution in [2.45, 2.75) is 17.6 Å². The van der Waals surface area contributed by atoms with Crippen molar-refractivity contribution in [1.82, 2.24) is 4.31 Å². The van der Waals surface area contributed by atoms with Gasteiger partial charge in [-0.2, -0.15) is 17.5 Å². The standard InChI is InChI=1S/C10H12F4N2O2S/c1-16(6-10(12,13)14)19(17,18)9-4-8(11)3-2-7(9)5-15/h2-4H,5-6,15H2,1H3. The fraction of sp³-hybridized carbons (Fsp3) is 0.400. The number of alkyl halides is 3. The van der Waals surface area contributed by atoms with Crippen LogP contribution < -0.4 is 5.73 Å². The normalized spacial score (nSPS) is 13.0. The molecule has 2 N–H and O–H groups in total. The molecule has 0 aliphatic heterocycles. The second-order valence-corrected chi connectivity index (χ2v) is 5.85. The van der Waals surface area contributed by atoms with Gasteiger partial charge in [-0.25, -0.2) is 12.8 Å². The van der Waals surface area contributed by atoms with E-state index in [-0.39, 0.29) is 16.4 Å². The van der Waals surface area contributed by atoms with Crippen molar-refractivity contribution in [2.24, 2.45) is 5.73 Å². The van der Waals surface area contributed by atoms with Gasteiger partial charge in [0.15, 0.2) is 0 Å². The lowest BCUT2D eigenvalue weighted by molar-refractivity contribution is -0.134. The molecule has 1 rings (SSSR count). The molecule has 0 aliphatic carbocycles. The van der Waals surface area contributed by atoms with Crippen LogP contribution in [0.25, 0.3) is 0 Å². The Hall–Kier alpha value is -1.19. The lowest BCUT2D eigenvalue weighted by Gasteiger charge is -2.20. The van der Waals surface area contributed by atoms with E-state index in [0.717, 1.165) is 19.2 Å². The monoisotopic (exact) mass is 300 g/mol. The summed E-state index contributed by atoms with van der Waals surface area (Å²) in [6.07, 6.45) is -4.68. The predicted octanol–water partition coefficient (Wildman–Crippen LogP) is 1.47. The smallest absolute Gasteiger partial charge is 0.326 e. The quantitative estimate of drug-likeness (QED) is 0.856. The highest BCUT2D eigenvalue weighted by molar-refractivity contribution is 7.89. The summed E-state index contributed by atoms with van der Waals surface area (Å²) in [5, 5.41) is 0. The average molecular weight is 300 g/mol. The molecule has 0 unspecified atom stereocenters. The third kappa shape index (κ3) is 3.88. The molecule has 19 heavy (non-hydrogen) atoms. The molecule has 0 aromatic heterocycles. The van der Waals surface area contributed by atoms with E-state index in [1.807, 2.05) is 0 Å². The number of benzene rings is 1. The maximum atomic E-state index is 13.1. The Morgan fingerprint density at radius 2 is 1.89 bits per heavy atom. The van der Waals surface area contributed by atoms with Gasteiger partial charge in [-0.15, -0.1) is 0 Å². The molecule has 0 saturated carbocycles. The topological polar surface area (TPSA) is 63.4 Å². The molecule has 1 aromatic carbocycles. The van der Waals surface area contributed by atoms with E-state index in [4.69, 9.17) is 5.73 Å². The fourth-order valence-electron chi connectivity index (χ4n) is 1.44. The van der Waals surface area contributed by atoms with Crippen LogP contribution in [0.2, 0.25) is 0 Å². The van der Waals surface area contributed by atoms with Gasteiger partial charge in [0.2, 0.25) is 10.0 Å². The molecule has 108 valence electrons. The first-order valence-electron chi connectivity index (χ1n) is 5.09. The van der Waals surface area contributed by atoms with Gasteiger partial charge in [0, 0.05) is 13.6 Å². The second-order valence-electron chi connectivity index (χ2n) is 3.83. The third-order valence-corrected chi connectivity index (χ3v) is 4.22. The molecule has 1 aromatic rings. The molecule has 0 saturated heterocycles. The maximum absolute atomic E-state index is 13.1. The van der Waals surface area contributed by atoms with Crippen LogP contribution in [0.5, 0.6) is 0 Å². The van der Waals surface area contributed by atoms with Crippen molar-refractivity contribution in [3.05, 3.63) is 29.6 Å². The van der Waals surface area contributed by atoms with Crippen molar-refractivity contribution in [2.75, 3.05) is 13.6 Å². The Morgan fingerprint density at radius 1 is 1.32 bits per heavy atom. The Kier molecular flexibility index (Phi) is 4.54. The summed E-state index contributed by atoms with van der Waals surface area (Å²) in [6, 6.07) is 2.78. The average Bonchev–Trinajstić information content (AvgIpc) is 2.26. The predicted molar refractivity (Wildman–Crippen MR) is 60.2 cm³/mol. The summed E-state index contributed by atoms with van der Waals surface area (Å²) >= 11 is 0. The molecular formula is C10H12F4N2O2S. The Labute approximate surface area is 107 Å². The summed E-state index contributed by atoms with van der Waals surface area (Å²) in [5.74, 6) is -0.865. The molecule has 0 radical (unpaired) electrons. The van der Waals surface area contributed by atoms with Crippen molar-refractivity contribution in [1.29, 1.82) is 0 Å². The van der Waals surface area contributed by atoms with Crippen LogP contribution in [-0.4, -0.2) is 32.5 Å². The van der Waals surface area contributed by atoms with Crippen LogP contribution in [0, 0.1) is 5.82 Å². The number of sulfonamides is 1. The van der Waals surface area contributed by atoms with Gasteiger partial charge in [-0.1, -0.05) is 6.07 Å². The van der Waals surface area contributed by atoms with Crippen LogP contribution in [-0.2, 0) is 16.6 Å². The largest absolute Gasteiger partial charge is 0.402 e. The number of halogens is 4. The lowest BCUT2D eigenvalue weighted by Crippen LogP contribution is -2.36. The van der Waals surface area contributed by atoms with Crippen LogP contribution in [0.15, 0.2) is 23.1 Å². The molecule has 0 fully saturated rings. The number of nitrogens with zero attached hydrogens (tertiary/aromatic N) is 1. The zero-order chi connectivity index (χ0) is 14.8. The first-order valence-corrected chi connectivity index (χ1v) is 6.53. The van der Waals surface area contributed by atoms with Crippen molar-refractivity contribution in [3.8, 4) is 0 Å². The third-order valence-electron chi connectivity index (χ3n) is 2.34.